The van der Waals surface area contributed by atoms with E-state index >= 15 is 0 Å². The van der Waals surface area contributed by atoms with E-state index in [9.17, 15) is 23.9 Å². The van der Waals surface area contributed by atoms with Crippen LogP contribution in [0.3, 0.4) is 0 Å². The van der Waals surface area contributed by atoms with Crippen molar-refractivity contribution in [1.29, 1.82) is 0 Å². The Morgan fingerprint density at radius 1 is 1.00 bits per heavy atom. The number of benzene rings is 2. The molecule has 6 N–H and O–H groups in total. The van der Waals surface area contributed by atoms with Gasteiger partial charge in [0.05, 0.1) is 11.4 Å². The fourth-order valence-electron chi connectivity index (χ4n) is 3.42. The van der Waals surface area contributed by atoms with E-state index in [4.69, 9.17) is 5.73 Å². The lowest BCUT2D eigenvalue weighted by Crippen LogP contribution is -2.47. The van der Waals surface area contributed by atoms with Crippen molar-refractivity contribution in [3.05, 3.63) is 71.1 Å². The highest BCUT2D eigenvalue weighted by Crippen LogP contribution is 2.52. The lowest BCUT2D eigenvalue weighted by Gasteiger charge is -2.33. The molecular weight excluding hydrogens is 461 g/mol. The fraction of sp³-hybridized carbons (Fsp3) is 0.217. The fourth-order valence-corrected chi connectivity index (χ4v) is 5.22. The molecule has 33 heavy (non-hydrogen) atoms. The molecule has 1 aromatic heterocycles. The standard InChI is InChI=1S/C23H26N3O5PS/c1-3-23(4-2,32(29,30)31)26-22(28)16-9-7-15(8-10-16)21(27)25-19-14-17(11-12-18(19)24)20-6-5-13-33-20/h5-14H,3-4,24H2,1-2H3,(H,25,27)(H,26,28)(H2,29,30,31). The lowest BCUT2D eigenvalue weighted by atomic mass is 10.1. The zero-order valence-corrected chi connectivity index (χ0v) is 20.0. The number of hydrogen-bond acceptors (Lipinski definition) is 5. The summed E-state index contributed by atoms with van der Waals surface area (Å²) in [7, 11) is -4.58. The van der Waals surface area contributed by atoms with Crippen molar-refractivity contribution in [2.45, 2.75) is 32.0 Å². The van der Waals surface area contributed by atoms with Gasteiger partial charge in [-0.15, -0.1) is 11.3 Å². The molecule has 0 fully saturated rings. The summed E-state index contributed by atoms with van der Waals surface area (Å²) in [5, 5.41) is 5.61. The van der Waals surface area contributed by atoms with Crippen LogP contribution in [0.25, 0.3) is 10.4 Å². The van der Waals surface area contributed by atoms with Crippen LogP contribution in [0.2, 0.25) is 0 Å². The van der Waals surface area contributed by atoms with Gasteiger partial charge in [-0.1, -0.05) is 26.0 Å². The summed E-state index contributed by atoms with van der Waals surface area (Å²) in [6.07, 6.45) is 0.151. The Kier molecular flexibility index (Phi) is 7.39. The van der Waals surface area contributed by atoms with Crippen molar-refractivity contribution in [2.75, 3.05) is 11.1 Å². The molecule has 2 amide bonds. The first-order valence-corrected chi connectivity index (χ1v) is 12.8. The molecule has 174 valence electrons. The van der Waals surface area contributed by atoms with E-state index < -0.39 is 24.7 Å². The second kappa shape index (κ2) is 9.89. The van der Waals surface area contributed by atoms with Crippen molar-refractivity contribution >= 4 is 42.1 Å². The molecule has 0 bridgehead atoms. The second-order valence-corrected chi connectivity index (χ2v) is 10.4. The molecule has 1 heterocycles. The highest BCUT2D eigenvalue weighted by molar-refractivity contribution is 7.53. The highest BCUT2D eigenvalue weighted by atomic mass is 32.1. The van der Waals surface area contributed by atoms with Crippen LogP contribution in [0.1, 0.15) is 47.4 Å². The van der Waals surface area contributed by atoms with Gasteiger partial charge in [-0.2, -0.15) is 0 Å². The first kappa shape index (κ1) is 24.7. The summed E-state index contributed by atoms with van der Waals surface area (Å²) in [6.45, 7) is 3.21. The van der Waals surface area contributed by atoms with Crippen LogP contribution in [-0.2, 0) is 4.57 Å². The monoisotopic (exact) mass is 487 g/mol. The summed E-state index contributed by atoms with van der Waals surface area (Å²) in [6, 6.07) is 15.2. The smallest absolute Gasteiger partial charge is 0.350 e. The van der Waals surface area contributed by atoms with Gasteiger partial charge in [-0.3, -0.25) is 14.2 Å². The molecule has 0 saturated heterocycles. The number of amides is 2. The van der Waals surface area contributed by atoms with Gasteiger partial charge < -0.3 is 26.2 Å². The molecule has 10 heteroatoms. The van der Waals surface area contributed by atoms with Crippen LogP contribution in [-0.4, -0.2) is 26.9 Å². The zero-order chi connectivity index (χ0) is 24.2. The number of thiophene rings is 1. The minimum Gasteiger partial charge on any atom is -0.397 e. The van der Waals surface area contributed by atoms with E-state index in [1.807, 2.05) is 23.6 Å². The van der Waals surface area contributed by atoms with E-state index in [1.165, 1.54) is 24.3 Å². The molecule has 0 radical (unpaired) electrons. The summed E-state index contributed by atoms with van der Waals surface area (Å²) in [5.74, 6) is -1.02. The van der Waals surface area contributed by atoms with Gasteiger partial charge in [0, 0.05) is 16.0 Å². The molecule has 0 aliphatic heterocycles. The maximum absolute atomic E-state index is 12.7. The number of nitrogens with one attached hydrogen (secondary N) is 2. The molecule has 0 unspecified atom stereocenters. The maximum Gasteiger partial charge on any atom is 0.350 e. The predicted molar refractivity (Wildman–Crippen MR) is 131 cm³/mol. The third-order valence-electron chi connectivity index (χ3n) is 5.59. The zero-order valence-electron chi connectivity index (χ0n) is 18.2. The van der Waals surface area contributed by atoms with Crippen molar-refractivity contribution in [3.63, 3.8) is 0 Å². The van der Waals surface area contributed by atoms with E-state index in [1.54, 1.807) is 37.3 Å². The minimum atomic E-state index is -4.58. The number of anilines is 2. The van der Waals surface area contributed by atoms with Gasteiger partial charge in [-0.25, -0.2) is 0 Å². The minimum absolute atomic E-state index is 0.0754. The van der Waals surface area contributed by atoms with Crippen LogP contribution < -0.4 is 16.4 Å². The van der Waals surface area contributed by atoms with Gasteiger partial charge >= 0.3 is 7.60 Å². The third-order valence-corrected chi connectivity index (χ3v) is 8.37. The predicted octanol–water partition coefficient (Wildman–Crippen LogP) is 4.67. The summed E-state index contributed by atoms with van der Waals surface area (Å²) in [4.78, 5) is 45.8. The summed E-state index contributed by atoms with van der Waals surface area (Å²) in [5.41, 5.74) is 8.35. The third kappa shape index (κ3) is 5.34. The van der Waals surface area contributed by atoms with Crippen molar-refractivity contribution in [1.82, 2.24) is 5.32 Å². The summed E-state index contributed by atoms with van der Waals surface area (Å²) < 4.78 is 11.9. The maximum atomic E-state index is 12.7. The van der Waals surface area contributed by atoms with Gasteiger partial charge in [0.1, 0.15) is 5.28 Å². The van der Waals surface area contributed by atoms with Crippen molar-refractivity contribution in [3.8, 4) is 10.4 Å². The Bertz CT molecular complexity index is 1190. The van der Waals surface area contributed by atoms with Crippen LogP contribution >= 0.6 is 18.9 Å². The molecule has 0 spiro atoms. The molecule has 3 aromatic rings. The number of rotatable bonds is 8. The molecule has 2 aromatic carbocycles. The molecule has 0 saturated carbocycles. The first-order chi connectivity index (χ1) is 15.6. The van der Waals surface area contributed by atoms with E-state index in [0.717, 1.165) is 10.4 Å². The van der Waals surface area contributed by atoms with Crippen LogP contribution in [0.4, 0.5) is 11.4 Å². The van der Waals surface area contributed by atoms with Gasteiger partial charge in [0.25, 0.3) is 11.8 Å². The molecule has 0 atom stereocenters. The number of carbonyl (C=O) groups excluding carboxylic acids is 2. The van der Waals surface area contributed by atoms with Crippen LogP contribution in [0.5, 0.6) is 0 Å². The van der Waals surface area contributed by atoms with E-state index in [2.05, 4.69) is 10.6 Å². The molecule has 0 aliphatic rings. The second-order valence-electron chi connectivity index (χ2n) is 7.55. The molecule has 8 nitrogen and oxygen atoms in total. The largest absolute Gasteiger partial charge is 0.397 e. The number of carbonyl (C=O) groups is 2. The van der Waals surface area contributed by atoms with Gasteiger partial charge in [0.15, 0.2) is 0 Å². The highest BCUT2D eigenvalue weighted by Gasteiger charge is 2.45. The van der Waals surface area contributed by atoms with Crippen molar-refractivity contribution < 1.29 is 23.9 Å². The van der Waals surface area contributed by atoms with E-state index in [0.29, 0.717) is 16.9 Å². The topological polar surface area (TPSA) is 142 Å². The lowest BCUT2D eigenvalue weighted by molar-refractivity contribution is 0.0910. The van der Waals surface area contributed by atoms with Crippen LogP contribution in [0, 0.1) is 0 Å². The SMILES string of the molecule is CCC(CC)(NC(=O)c1ccc(C(=O)Nc2cc(-c3cccs3)ccc2N)cc1)P(=O)(O)O. The number of nitrogens with two attached hydrogens (primary N) is 1. The Morgan fingerprint density at radius 3 is 2.12 bits per heavy atom. The molecule has 3 rings (SSSR count). The Labute approximate surface area is 196 Å². The quantitative estimate of drug-likeness (QED) is 0.231. The normalized spacial score (nSPS) is 11.8. The average molecular weight is 488 g/mol. The van der Waals surface area contributed by atoms with Crippen molar-refractivity contribution in [2.24, 2.45) is 0 Å². The summed E-state index contributed by atoms with van der Waals surface area (Å²) >= 11 is 1.58. The van der Waals surface area contributed by atoms with Crippen LogP contribution in [0.15, 0.2) is 60.0 Å². The Morgan fingerprint density at radius 2 is 1.61 bits per heavy atom. The first-order valence-electron chi connectivity index (χ1n) is 10.3. The number of nitrogen functional groups attached to an aromatic ring is 1. The Balaban J connectivity index is 1.75. The van der Waals surface area contributed by atoms with Gasteiger partial charge in [0.2, 0.25) is 0 Å². The van der Waals surface area contributed by atoms with Gasteiger partial charge in [-0.05, 0) is 66.2 Å². The number of hydrogen-bond donors (Lipinski definition) is 5. The molecular formula is C23H26N3O5PS. The average Bonchev–Trinajstić information content (AvgIpc) is 3.33. The van der Waals surface area contributed by atoms with E-state index in [-0.39, 0.29) is 18.4 Å². The Hall–Kier alpha value is -2.97. The molecule has 0 aliphatic carbocycles.